The molecule has 1 N–H and O–H groups in total. The van der Waals surface area contributed by atoms with E-state index in [0.717, 1.165) is 5.56 Å². The summed E-state index contributed by atoms with van der Waals surface area (Å²) in [6.07, 6.45) is 1.57. The predicted octanol–water partition coefficient (Wildman–Crippen LogP) is 4.99. The van der Waals surface area contributed by atoms with Gasteiger partial charge in [-0.15, -0.1) is 0 Å². The van der Waals surface area contributed by atoms with Crippen LogP contribution in [0.2, 0.25) is 0 Å². The monoisotopic (exact) mass is 699 g/mol. The molecule has 0 saturated carbocycles. The van der Waals surface area contributed by atoms with Crippen molar-refractivity contribution in [1.82, 2.24) is 24.7 Å². The van der Waals surface area contributed by atoms with Gasteiger partial charge in [-0.2, -0.15) is 5.10 Å². The average molecular weight is 700 g/mol. The Kier molecular flexibility index (Phi) is 8.23. The van der Waals surface area contributed by atoms with Crippen LogP contribution in [0.3, 0.4) is 0 Å². The Morgan fingerprint density at radius 1 is 1.12 bits per heavy atom. The molecular weight excluding hydrogens is 664 g/mol. The highest BCUT2D eigenvalue weighted by Gasteiger charge is 2.50. The quantitative estimate of drug-likeness (QED) is 0.229. The number of hydrogen-bond acceptors (Lipinski definition) is 11. The Bertz CT molecular complexity index is 2190. The average Bonchev–Trinajstić information content (AvgIpc) is 3.84. The number of pyridine rings is 1. The van der Waals surface area contributed by atoms with E-state index >= 15 is 0 Å². The smallest absolute Gasteiger partial charge is 0.326 e. The van der Waals surface area contributed by atoms with E-state index in [4.69, 9.17) is 23.6 Å². The molecule has 0 amide bonds. The SMILES string of the molecule is CC(C)n1cc(C#Cc2cnc(O[C@H]3C[C@@H](C(=O)O)N(c4nc(C(F)F)nc5c4oc4ccccc45)C3)c(N3CCOC4(COC4)[C@@H]3C)c2)cn1. The molecule has 5 aromatic rings. The standard InChI is InChI=1S/C36H35F2N7O6/c1-20(2)45-16-23(15-40-45)9-8-22-12-26(43-10-11-49-36(21(43)3)18-48-19-36)34(39-14-22)50-24-13-27(35(46)47)44(17-24)33-30-29(41-32(42-33)31(37)38)25-6-4-5-7-28(25)51-30/h4-7,12,14-16,20-21,24,27,31H,10-11,13,17-19H2,1-3H3,(H,46,47)/t21-,24-,27-/m0/s1. The Morgan fingerprint density at radius 3 is 2.65 bits per heavy atom. The molecule has 8 rings (SSSR count). The predicted molar refractivity (Wildman–Crippen MR) is 181 cm³/mol. The van der Waals surface area contributed by atoms with Gasteiger partial charge in [0.15, 0.2) is 17.2 Å². The summed E-state index contributed by atoms with van der Waals surface area (Å²) in [5.41, 5.74) is 2.35. The van der Waals surface area contributed by atoms with Gasteiger partial charge in [0.05, 0.1) is 44.2 Å². The van der Waals surface area contributed by atoms with E-state index in [0.29, 0.717) is 48.6 Å². The van der Waals surface area contributed by atoms with Gasteiger partial charge in [0.25, 0.3) is 6.43 Å². The summed E-state index contributed by atoms with van der Waals surface area (Å²) < 4.78 is 54.3. The topological polar surface area (TPSA) is 141 Å². The summed E-state index contributed by atoms with van der Waals surface area (Å²) in [6, 6.07) is 7.78. The van der Waals surface area contributed by atoms with Crippen LogP contribution in [0.4, 0.5) is 20.3 Å². The largest absolute Gasteiger partial charge is 0.480 e. The van der Waals surface area contributed by atoms with Crippen molar-refractivity contribution in [3.05, 3.63) is 65.9 Å². The second-order valence-electron chi connectivity index (χ2n) is 13.3. The fourth-order valence-electron chi connectivity index (χ4n) is 6.93. The van der Waals surface area contributed by atoms with Gasteiger partial charge in [-0.1, -0.05) is 24.0 Å². The normalized spacial score (nSPS) is 21.4. The second-order valence-corrected chi connectivity index (χ2v) is 13.3. The Labute approximate surface area is 291 Å². The van der Waals surface area contributed by atoms with E-state index < -0.39 is 36.0 Å². The zero-order chi connectivity index (χ0) is 35.4. The first-order chi connectivity index (χ1) is 24.6. The molecule has 3 fully saturated rings. The molecule has 0 bridgehead atoms. The van der Waals surface area contributed by atoms with Crippen LogP contribution in [0, 0.1) is 11.8 Å². The minimum Gasteiger partial charge on any atom is -0.480 e. The maximum absolute atomic E-state index is 14.1. The van der Waals surface area contributed by atoms with Crippen molar-refractivity contribution >= 4 is 39.5 Å². The molecule has 0 radical (unpaired) electrons. The number of aromatic nitrogens is 5. The number of ether oxygens (including phenoxy) is 3. The zero-order valence-corrected chi connectivity index (χ0v) is 28.1. The number of anilines is 2. The van der Waals surface area contributed by atoms with E-state index in [1.54, 1.807) is 36.7 Å². The zero-order valence-electron chi connectivity index (χ0n) is 28.1. The number of para-hydroxylation sites is 1. The molecule has 1 aromatic carbocycles. The van der Waals surface area contributed by atoms with Crippen LogP contribution in [0.5, 0.6) is 5.88 Å². The van der Waals surface area contributed by atoms with Crippen molar-refractivity contribution in [3.8, 4) is 17.7 Å². The number of furan rings is 1. The highest BCUT2D eigenvalue weighted by atomic mass is 19.3. The Morgan fingerprint density at radius 2 is 1.92 bits per heavy atom. The number of halogens is 2. The summed E-state index contributed by atoms with van der Waals surface area (Å²) in [5, 5.41) is 15.2. The van der Waals surface area contributed by atoms with Gasteiger partial charge in [0.2, 0.25) is 5.88 Å². The molecule has 0 aliphatic carbocycles. The molecule has 1 spiro atoms. The van der Waals surface area contributed by atoms with Crippen LogP contribution in [0.15, 0.2) is 53.3 Å². The lowest BCUT2D eigenvalue weighted by molar-refractivity contribution is -0.228. The minimum atomic E-state index is -2.99. The molecule has 51 heavy (non-hydrogen) atoms. The van der Waals surface area contributed by atoms with Crippen LogP contribution in [-0.2, 0) is 14.3 Å². The van der Waals surface area contributed by atoms with Gasteiger partial charge in [-0.3, -0.25) is 4.68 Å². The Hall–Kier alpha value is -5.33. The van der Waals surface area contributed by atoms with Gasteiger partial charge in [0.1, 0.15) is 34.5 Å². The van der Waals surface area contributed by atoms with E-state index in [-0.39, 0.29) is 47.8 Å². The third-order valence-corrected chi connectivity index (χ3v) is 9.78. The molecule has 7 heterocycles. The third-order valence-electron chi connectivity index (χ3n) is 9.78. The molecule has 3 aliphatic rings. The first-order valence-corrected chi connectivity index (χ1v) is 16.8. The van der Waals surface area contributed by atoms with Gasteiger partial charge in [-0.25, -0.2) is 28.5 Å². The number of carbonyl (C=O) groups is 1. The van der Waals surface area contributed by atoms with Crippen LogP contribution < -0.4 is 14.5 Å². The van der Waals surface area contributed by atoms with Crippen molar-refractivity contribution in [1.29, 1.82) is 0 Å². The first kappa shape index (κ1) is 32.9. The maximum atomic E-state index is 14.1. The van der Waals surface area contributed by atoms with Crippen molar-refractivity contribution in [2.24, 2.45) is 0 Å². The van der Waals surface area contributed by atoms with Gasteiger partial charge < -0.3 is 33.5 Å². The fourth-order valence-corrected chi connectivity index (χ4v) is 6.93. The lowest BCUT2D eigenvalue weighted by atomic mass is 9.90. The number of alkyl halides is 2. The van der Waals surface area contributed by atoms with E-state index in [1.807, 2.05) is 30.8 Å². The van der Waals surface area contributed by atoms with Crippen molar-refractivity contribution in [3.63, 3.8) is 0 Å². The Balaban J connectivity index is 1.15. The number of fused-ring (bicyclic) bond motifs is 3. The van der Waals surface area contributed by atoms with Gasteiger partial charge in [-0.05, 0) is 39.0 Å². The summed E-state index contributed by atoms with van der Waals surface area (Å²) >= 11 is 0. The number of carboxylic acids is 1. The van der Waals surface area contributed by atoms with Crippen molar-refractivity contribution < 1.29 is 37.3 Å². The van der Waals surface area contributed by atoms with Gasteiger partial charge >= 0.3 is 5.97 Å². The third kappa shape index (κ3) is 5.87. The van der Waals surface area contributed by atoms with E-state index in [9.17, 15) is 18.7 Å². The molecule has 3 atom stereocenters. The number of aliphatic carboxylic acids is 1. The minimum absolute atomic E-state index is 0.0156. The summed E-state index contributed by atoms with van der Waals surface area (Å²) in [6.45, 7) is 8.09. The molecule has 3 saturated heterocycles. The van der Waals surface area contributed by atoms with Crippen LogP contribution in [0.25, 0.3) is 22.1 Å². The number of hydrogen-bond donors (Lipinski definition) is 1. The van der Waals surface area contributed by atoms with Crippen molar-refractivity contribution in [2.75, 3.05) is 42.7 Å². The lowest BCUT2D eigenvalue weighted by Gasteiger charge is -2.53. The van der Waals surface area contributed by atoms with Crippen molar-refractivity contribution in [2.45, 2.75) is 63.4 Å². The molecule has 15 heteroatoms. The lowest BCUT2D eigenvalue weighted by Crippen LogP contribution is -2.68. The highest BCUT2D eigenvalue weighted by Crippen LogP contribution is 2.41. The van der Waals surface area contributed by atoms with Gasteiger partial charge in [0, 0.05) is 42.4 Å². The second kappa shape index (κ2) is 12.8. The molecule has 4 aromatic heterocycles. The summed E-state index contributed by atoms with van der Waals surface area (Å²) in [7, 11) is 0. The van der Waals surface area contributed by atoms with E-state index in [1.165, 1.54) is 4.90 Å². The fraction of sp³-hybridized carbons (Fsp3) is 0.417. The molecule has 13 nitrogen and oxygen atoms in total. The number of nitrogens with zero attached hydrogens (tertiary/aromatic N) is 7. The van der Waals surface area contributed by atoms with Crippen LogP contribution in [0.1, 0.15) is 56.6 Å². The van der Waals surface area contributed by atoms with Crippen LogP contribution >= 0.6 is 0 Å². The number of carboxylic acid groups (broad SMARTS) is 1. The summed E-state index contributed by atoms with van der Waals surface area (Å²) in [5.74, 6) is 4.74. The molecule has 3 aliphatic heterocycles. The molecule has 264 valence electrons. The number of morpholine rings is 1. The van der Waals surface area contributed by atoms with E-state index in [2.05, 4.69) is 38.7 Å². The number of rotatable bonds is 7. The number of benzene rings is 1. The first-order valence-electron chi connectivity index (χ1n) is 16.8. The molecular formula is C36H35F2N7O6. The summed E-state index contributed by atoms with van der Waals surface area (Å²) in [4.78, 5) is 29.2. The molecule has 0 unspecified atom stereocenters. The van der Waals surface area contributed by atoms with Crippen LogP contribution in [-0.4, -0.2) is 92.5 Å². The highest BCUT2D eigenvalue weighted by molar-refractivity contribution is 6.06. The maximum Gasteiger partial charge on any atom is 0.326 e.